The van der Waals surface area contributed by atoms with E-state index in [0.717, 1.165) is 28.9 Å². The summed E-state index contributed by atoms with van der Waals surface area (Å²) in [7, 11) is 1.80. The zero-order valence-electron chi connectivity index (χ0n) is 18.5. The molecular formula is C23H33IN4O2S. The van der Waals surface area contributed by atoms with Gasteiger partial charge in [-0.3, -0.25) is 4.99 Å². The zero-order chi connectivity index (χ0) is 21.2. The highest BCUT2D eigenvalue weighted by Gasteiger charge is 2.24. The summed E-state index contributed by atoms with van der Waals surface area (Å²) in [5.41, 5.74) is 0.958. The molecule has 1 fully saturated rings. The molecule has 0 spiro atoms. The number of para-hydroxylation sites is 2. The second-order valence-electron chi connectivity index (χ2n) is 7.30. The van der Waals surface area contributed by atoms with Crippen LogP contribution in [0.3, 0.4) is 0 Å². The van der Waals surface area contributed by atoms with Gasteiger partial charge in [-0.15, -0.1) is 24.0 Å². The van der Waals surface area contributed by atoms with Gasteiger partial charge in [-0.25, -0.2) is 4.98 Å². The van der Waals surface area contributed by atoms with Gasteiger partial charge in [-0.2, -0.15) is 11.8 Å². The second kappa shape index (κ2) is 13.7. The SMILES string of the molecule is CCCOc1ccccc1Oc1ncccc1CNC(=NC)NC1CCC(SC)C1.I. The molecule has 0 saturated heterocycles. The van der Waals surface area contributed by atoms with Crippen molar-refractivity contribution in [2.45, 2.75) is 50.4 Å². The lowest BCUT2D eigenvalue weighted by Crippen LogP contribution is -2.42. The molecule has 1 aliphatic carbocycles. The number of ether oxygens (including phenoxy) is 2. The molecule has 0 amide bonds. The number of halogens is 1. The fourth-order valence-electron chi connectivity index (χ4n) is 3.47. The quantitative estimate of drug-likeness (QED) is 0.251. The number of nitrogens with one attached hydrogen (secondary N) is 2. The standard InChI is InChI=1S/C23H32N4O2S.HI/c1-4-14-28-20-9-5-6-10-21(20)29-22-17(8-7-13-25-22)16-26-23(24-2)27-18-11-12-19(15-18)30-3;/h5-10,13,18-19H,4,11-12,14-16H2,1-3H3,(H2,24,26,27);1H. The number of pyridine rings is 1. The van der Waals surface area contributed by atoms with E-state index in [-0.39, 0.29) is 24.0 Å². The maximum Gasteiger partial charge on any atom is 0.224 e. The van der Waals surface area contributed by atoms with Crippen LogP contribution in [0.5, 0.6) is 17.4 Å². The molecule has 0 radical (unpaired) electrons. The van der Waals surface area contributed by atoms with Crippen LogP contribution in [0.15, 0.2) is 47.6 Å². The van der Waals surface area contributed by atoms with Gasteiger partial charge in [0.2, 0.25) is 5.88 Å². The predicted molar refractivity (Wildman–Crippen MR) is 140 cm³/mol. The highest BCUT2D eigenvalue weighted by atomic mass is 127. The Morgan fingerprint density at radius 2 is 2.00 bits per heavy atom. The Balaban J connectivity index is 0.00000341. The van der Waals surface area contributed by atoms with Gasteiger partial charge in [-0.05, 0) is 50.1 Å². The van der Waals surface area contributed by atoms with Crippen molar-refractivity contribution in [3.05, 3.63) is 48.2 Å². The number of guanidine groups is 1. The van der Waals surface area contributed by atoms with Crippen LogP contribution >= 0.6 is 35.7 Å². The number of benzene rings is 1. The fraction of sp³-hybridized carbons (Fsp3) is 0.478. The smallest absolute Gasteiger partial charge is 0.224 e. The normalized spacial score (nSPS) is 18.2. The van der Waals surface area contributed by atoms with E-state index in [0.29, 0.717) is 30.8 Å². The van der Waals surface area contributed by atoms with E-state index >= 15 is 0 Å². The van der Waals surface area contributed by atoms with Crippen molar-refractivity contribution in [1.29, 1.82) is 0 Å². The van der Waals surface area contributed by atoms with Gasteiger partial charge in [-0.1, -0.05) is 25.1 Å². The molecule has 2 N–H and O–H groups in total. The van der Waals surface area contributed by atoms with E-state index in [1.807, 2.05) is 48.2 Å². The van der Waals surface area contributed by atoms with Crippen molar-refractivity contribution in [1.82, 2.24) is 15.6 Å². The minimum atomic E-state index is 0. The summed E-state index contributed by atoms with van der Waals surface area (Å²) in [6.07, 6.45) is 8.49. The van der Waals surface area contributed by atoms with Crippen LogP contribution < -0.4 is 20.1 Å². The average molecular weight is 557 g/mol. The largest absolute Gasteiger partial charge is 0.490 e. The van der Waals surface area contributed by atoms with Crippen molar-refractivity contribution in [2.75, 3.05) is 19.9 Å². The van der Waals surface area contributed by atoms with Gasteiger partial charge in [0.25, 0.3) is 0 Å². The summed E-state index contributed by atoms with van der Waals surface area (Å²) >= 11 is 1.95. The van der Waals surface area contributed by atoms with Gasteiger partial charge in [0.1, 0.15) is 0 Å². The molecule has 8 heteroatoms. The number of rotatable bonds is 9. The molecule has 1 aromatic heterocycles. The van der Waals surface area contributed by atoms with Gasteiger partial charge >= 0.3 is 0 Å². The molecular weight excluding hydrogens is 523 g/mol. The molecule has 2 unspecified atom stereocenters. The third-order valence-electron chi connectivity index (χ3n) is 5.10. The van der Waals surface area contributed by atoms with Crippen molar-refractivity contribution in [3.63, 3.8) is 0 Å². The van der Waals surface area contributed by atoms with Crippen molar-refractivity contribution in [3.8, 4) is 17.4 Å². The van der Waals surface area contributed by atoms with E-state index < -0.39 is 0 Å². The maximum atomic E-state index is 6.13. The van der Waals surface area contributed by atoms with E-state index in [9.17, 15) is 0 Å². The zero-order valence-corrected chi connectivity index (χ0v) is 21.6. The first kappa shape index (κ1) is 25.6. The highest BCUT2D eigenvalue weighted by molar-refractivity contribution is 14.0. The summed E-state index contributed by atoms with van der Waals surface area (Å²) in [5.74, 6) is 2.77. The van der Waals surface area contributed by atoms with Gasteiger partial charge in [0, 0.05) is 36.6 Å². The molecule has 1 saturated carbocycles. The van der Waals surface area contributed by atoms with Gasteiger partial charge < -0.3 is 20.1 Å². The molecule has 0 bridgehead atoms. The molecule has 170 valence electrons. The van der Waals surface area contributed by atoms with Crippen LogP contribution in [0, 0.1) is 0 Å². The van der Waals surface area contributed by atoms with E-state index in [1.165, 1.54) is 19.3 Å². The van der Waals surface area contributed by atoms with Crippen LogP contribution in [-0.4, -0.2) is 42.1 Å². The summed E-state index contributed by atoms with van der Waals surface area (Å²) in [6, 6.07) is 12.1. The average Bonchev–Trinajstić information content (AvgIpc) is 3.24. The van der Waals surface area contributed by atoms with Crippen molar-refractivity contribution in [2.24, 2.45) is 4.99 Å². The Kier molecular flexibility index (Phi) is 11.3. The van der Waals surface area contributed by atoms with Crippen LogP contribution in [0.2, 0.25) is 0 Å². The number of thioether (sulfide) groups is 1. The second-order valence-corrected chi connectivity index (χ2v) is 8.44. The van der Waals surface area contributed by atoms with E-state index in [1.54, 1.807) is 13.2 Å². The number of aromatic nitrogens is 1. The van der Waals surface area contributed by atoms with Crippen LogP contribution in [0.1, 0.15) is 38.2 Å². The topological polar surface area (TPSA) is 67.8 Å². The third kappa shape index (κ3) is 7.75. The first-order valence-corrected chi connectivity index (χ1v) is 11.9. The minimum absolute atomic E-state index is 0. The van der Waals surface area contributed by atoms with Crippen molar-refractivity contribution < 1.29 is 9.47 Å². The molecule has 1 aliphatic rings. The Morgan fingerprint density at radius 1 is 1.19 bits per heavy atom. The van der Waals surface area contributed by atoms with E-state index in [2.05, 4.69) is 33.8 Å². The number of hydrogen-bond donors (Lipinski definition) is 2. The summed E-state index contributed by atoms with van der Waals surface area (Å²) in [5, 5.41) is 7.69. The monoisotopic (exact) mass is 556 g/mol. The Morgan fingerprint density at radius 3 is 2.71 bits per heavy atom. The molecule has 2 atom stereocenters. The predicted octanol–water partition coefficient (Wildman–Crippen LogP) is 5.23. The molecule has 6 nitrogen and oxygen atoms in total. The number of nitrogens with zero attached hydrogens (tertiary/aromatic N) is 2. The first-order valence-electron chi connectivity index (χ1n) is 10.6. The number of hydrogen-bond acceptors (Lipinski definition) is 5. The Bertz CT molecular complexity index is 837. The Hall–Kier alpha value is -1.68. The molecule has 1 aromatic carbocycles. The lowest BCUT2D eigenvalue weighted by atomic mass is 10.2. The van der Waals surface area contributed by atoms with Gasteiger partial charge in [0.15, 0.2) is 17.5 Å². The highest BCUT2D eigenvalue weighted by Crippen LogP contribution is 2.32. The van der Waals surface area contributed by atoms with Crippen LogP contribution in [0.25, 0.3) is 0 Å². The summed E-state index contributed by atoms with van der Waals surface area (Å²) in [4.78, 5) is 8.83. The maximum absolute atomic E-state index is 6.13. The lowest BCUT2D eigenvalue weighted by Gasteiger charge is -2.18. The minimum Gasteiger partial charge on any atom is -0.490 e. The fourth-order valence-corrected chi connectivity index (χ4v) is 4.27. The molecule has 3 rings (SSSR count). The first-order chi connectivity index (χ1) is 14.7. The number of aliphatic imine (C=N–C) groups is 1. The molecule has 31 heavy (non-hydrogen) atoms. The summed E-state index contributed by atoms with van der Waals surface area (Å²) in [6.45, 7) is 3.30. The third-order valence-corrected chi connectivity index (χ3v) is 6.19. The van der Waals surface area contributed by atoms with Crippen molar-refractivity contribution >= 4 is 41.7 Å². The Labute approximate surface area is 207 Å². The van der Waals surface area contributed by atoms with E-state index in [4.69, 9.17) is 9.47 Å². The molecule has 2 aromatic rings. The van der Waals surface area contributed by atoms with Gasteiger partial charge in [0.05, 0.1) is 6.61 Å². The lowest BCUT2D eigenvalue weighted by molar-refractivity contribution is 0.300. The molecule has 0 aliphatic heterocycles. The molecule has 1 heterocycles. The van der Waals surface area contributed by atoms with Crippen LogP contribution in [-0.2, 0) is 6.54 Å². The summed E-state index contributed by atoms with van der Waals surface area (Å²) < 4.78 is 11.9. The van der Waals surface area contributed by atoms with Crippen LogP contribution in [0.4, 0.5) is 0 Å².